The van der Waals surface area contributed by atoms with E-state index in [1.54, 1.807) is 0 Å². The Bertz CT molecular complexity index is 667. The molecule has 0 radical (unpaired) electrons. The molecule has 4 aliphatic rings. The van der Waals surface area contributed by atoms with Gasteiger partial charge in [0.05, 0.1) is 6.10 Å². The van der Waals surface area contributed by atoms with Crippen LogP contribution in [-0.4, -0.2) is 27.2 Å². The first-order valence-corrected chi connectivity index (χ1v) is 12.8. The average molecular weight is 419 g/mol. The molecule has 0 unspecified atom stereocenters. The number of aliphatic hydroxyl groups is 3. The van der Waals surface area contributed by atoms with Crippen molar-refractivity contribution < 1.29 is 15.3 Å². The van der Waals surface area contributed by atoms with Gasteiger partial charge in [-0.15, -0.1) is 0 Å². The maximum Gasteiger partial charge on any atom is 0.165 e. The highest BCUT2D eigenvalue weighted by Gasteiger charge is 2.60. The van der Waals surface area contributed by atoms with Crippen molar-refractivity contribution in [1.82, 2.24) is 0 Å². The Morgan fingerprint density at radius 2 is 1.77 bits per heavy atom. The highest BCUT2D eigenvalue weighted by atomic mass is 16.5. The number of hydrogen-bond donors (Lipinski definition) is 3. The number of hydrogen-bond acceptors (Lipinski definition) is 3. The van der Waals surface area contributed by atoms with Crippen molar-refractivity contribution in [2.45, 2.75) is 111 Å². The molecular weight excluding hydrogens is 372 g/mol. The molecule has 3 heteroatoms. The van der Waals surface area contributed by atoms with Crippen LogP contribution in [0.4, 0.5) is 0 Å². The van der Waals surface area contributed by atoms with Gasteiger partial charge in [-0.1, -0.05) is 46.3 Å². The van der Waals surface area contributed by atoms with Crippen molar-refractivity contribution in [3.05, 3.63) is 11.6 Å². The van der Waals surface area contributed by atoms with E-state index in [4.69, 9.17) is 0 Å². The van der Waals surface area contributed by atoms with Crippen molar-refractivity contribution in [1.29, 1.82) is 0 Å². The summed E-state index contributed by atoms with van der Waals surface area (Å²) < 4.78 is 0. The van der Waals surface area contributed by atoms with Gasteiger partial charge in [-0.05, 0) is 98.2 Å². The zero-order valence-electron chi connectivity index (χ0n) is 20.0. The van der Waals surface area contributed by atoms with Gasteiger partial charge >= 0.3 is 0 Å². The molecule has 0 bridgehead atoms. The normalized spacial score (nSPS) is 44.8. The smallest absolute Gasteiger partial charge is 0.165 e. The summed E-state index contributed by atoms with van der Waals surface area (Å²) in [6.45, 7) is 11.4. The van der Waals surface area contributed by atoms with Crippen LogP contribution in [0.25, 0.3) is 0 Å². The van der Waals surface area contributed by atoms with E-state index in [2.05, 4.69) is 40.7 Å². The lowest BCUT2D eigenvalue weighted by molar-refractivity contribution is -0.224. The molecule has 0 spiro atoms. The number of fused-ring (bicyclic) bond motifs is 5. The molecule has 0 aromatic heterocycles. The maximum atomic E-state index is 11.0. The van der Waals surface area contributed by atoms with E-state index in [1.165, 1.54) is 31.3 Å². The van der Waals surface area contributed by atoms with Crippen molar-refractivity contribution in [3.63, 3.8) is 0 Å². The Morgan fingerprint density at radius 1 is 1.03 bits per heavy atom. The van der Waals surface area contributed by atoms with Gasteiger partial charge in [0.25, 0.3) is 0 Å². The first-order valence-electron chi connectivity index (χ1n) is 12.8. The van der Waals surface area contributed by atoms with Gasteiger partial charge in [0, 0.05) is 12.3 Å². The molecule has 4 rings (SSSR count). The van der Waals surface area contributed by atoms with E-state index < -0.39 is 5.79 Å². The van der Waals surface area contributed by atoms with Crippen LogP contribution in [0.1, 0.15) is 98.8 Å². The zero-order chi connectivity index (χ0) is 21.9. The Labute approximate surface area is 184 Å². The lowest BCUT2D eigenvalue weighted by Crippen LogP contribution is -2.52. The highest BCUT2D eigenvalue weighted by Crippen LogP contribution is 2.67. The molecule has 0 aromatic rings. The van der Waals surface area contributed by atoms with Crippen LogP contribution in [0.3, 0.4) is 0 Å². The molecule has 0 amide bonds. The molecule has 30 heavy (non-hydrogen) atoms. The SMILES string of the molecule is CC(C)CCC(O)(O)[C@@H](C)[C@H]1CC[C@H]2[C@@H]3CC=C4C[C@@H](O)CC[C@]4(C)[C@H]3CC[C@]12C. The average Bonchev–Trinajstić information content (AvgIpc) is 3.03. The van der Waals surface area contributed by atoms with E-state index >= 15 is 0 Å². The van der Waals surface area contributed by atoms with Crippen LogP contribution in [0.2, 0.25) is 0 Å². The third-order valence-electron chi connectivity index (χ3n) is 10.6. The zero-order valence-corrected chi connectivity index (χ0v) is 20.0. The van der Waals surface area contributed by atoms with Gasteiger partial charge in [0.2, 0.25) is 0 Å². The molecule has 3 saturated carbocycles. The first kappa shape index (κ1) is 22.8. The predicted octanol–water partition coefficient (Wildman–Crippen LogP) is 5.68. The first-order chi connectivity index (χ1) is 14.0. The Kier molecular flexibility index (Phi) is 5.99. The quantitative estimate of drug-likeness (QED) is 0.398. The summed E-state index contributed by atoms with van der Waals surface area (Å²) in [5.74, 6) is 1.45. The fourth-order valence-electron chi connectivity index (χ4n) is 8.55. The second kappa shape index (κ2) is 7.89. The predicted molar refractivity (Wildman–Crippen MR) is 122 cm³/mol. The topological polar surface area (TPSA) is 60.7 Å². The molecule has 3 nitrogen and oxygen atoms in total. The second-order valence-corrected chi connectivity index (χ2v) is 12.5. The van der Waals surface area contributed by atoms with E-state index in [9.17, 15) is 15.3 Å². The summed E-state index contributed by atoms with van der Waals surface area (Å²) in [6, 6.07) is 0. The largest absolute Gasteiger partial charge is 0.393 e. The number of allylic oxidation sites excluding steroid dienone is 1. The summed E-state index contributed by atoms with van der Waals surface area (Å²) in [5.41, 5.74) is 2.04. The fraction of sp³-hybridized carbons (Fsp3) is 0.926. The lowest BCUT2D eigenvalue weighted by atomic mass is 9.47. The molecule has 4 aliphatic carbocycles. The van der Waals surface area contributed by atoms with Crippen molar-refractivity contribution in [2.24, 2.45) is 46.3 Å². The van der Waals surface area contributed by atoms with Crippen molar-refractivity contribution in [3.8, 4) is 0 Å². The monoisotopic (exact) mass is 418 g/mol. The Morgan fingerprint density at radius 3 is 2.47 bits per heavy atom. The maximum absolute atomic E-state index is 11.0. The van der Waals surface area contributed by atoms with Gasteiger partial charge in [-0.3, -0.25) is 0 Å². The summed E-state index contributed by atoms with van der Waals surface area (Å²) >= 11 is 0. The minimum atomic E-state index is -1.55. The third kappa shape index (κ3) is 3.61. The van der Waals surface area contributed by atoms with E-state index in [0.29, 0.717) is 24.2 Å². The lowest BCUT2D eigenvalue weighted by Gasteiger charge is -2.58. The second-order valence-electron chi connectivity index (χ2n) is 12.5. The van der Waals surface area contributed by atoms with Crippen LogP contribution in [0, 0.1) is 46.3 Å². The van der Waals surface area contributed by atoms with E-state index in [-0.39, 0.29) is 22.9 Å². The molecule has 0 saturated heterocycles. The Hall–Kier alpha value is -0.380. The molecule has 0 aliphatic heterocycles. The number of rotatable bonds is 5. The fourth-order valence-corrected chi connectivity index (χ4v) is 8.55. The summed E-state index contributed by atoms with van der Waals surface area (Å²) in [6.07, 6.45) is 12.7. The minimum absolute atomic E-state index is 0.0714. The van der Waals surface area contributed by atoms with Crippen LogP contribution >= 0.6 is 0 Å². The molecule has 3 fully saturated rings. The van der Waals surface area contributed by atoms with Gasteiger partial charge in [-0.2, -0.15) is 0 Å². The minimum Gasteiger partial charge on any atom is -0.393 e. The molecule has 0 heterocycles. The van der Waals surface area contributed by atoms with Crippen LogP contribution in [0.5, 0.6) is 0 Å². The van der Waals surface area contributed by atoms with E-state index in [1.807, 2.05) is 0 Å². The van der Waals surface area contributed by atoms with Crippen LogP contribution in [0.15, 0.2) is 11.6 Å². The van der Waals surface area contributed by atoms with Crippen molar-refractivity contribution in [2.75, 3.05) is 0 Å². The van der Waals surface area contributed by atoms with Gasteiger partial charge < -0.3 is 15.3 Å². The molecule has 0 aromatic carbocycles. The number of aliphatic hydroxyl groups excluding tert-OH is 1. The summed E-state index contributed by atoms with van der Waals surface area (Å²) in [5, 5.41) is 32.2. The summed E-state index contributed by atoms with van der Waals surface area (Å²) in [7, 11) is 0. The van der Waals surface area contributed by atoms with Gasteiger partial charge in [-0.25, -0.2) is 0 Å². The standard InChI is InChI=1S/C27H46O3/c1-17(2)10-15-27(29,30)18(3)22-8-9-23-21-7-6-19-16-20(28)11-13-25(19,4)24(21)12-14-26(22,23)5/h6,17-18,20-24,28-30H,7-16H2,1-5H3/t18-,20-,21-,22+,23-,24-,25-,26+/m0/s1. The molecule has 3 N–H and O–H groups in total. The Balaban J connectivity index is 1.54. The van der Waals surface area contributed by atoms with Crippen LogP contribution in [-0.2, 0) is 0 Å². The molecule has 8 atom stereocenters. The molecular formula is C27H46O3. The third-order valence-corrected chi connectivity index (χ3v) is 10.6. The van der Waals surface area contributed by atoms with Crippen molar-refractivity contribution >= 4 is 0 Å². The summed E-state index contributed by atoms with van der Waals surface area (Å²) in [4.78, 5) is 0. The highest BCUT2D eigenvalue weighted by molar-refractivity contribution is 5.25. The van der Waals surface area contributed by atoms with Gasteiger partial charge in [0.1, 0.15) is 0 Å². The van der Waals surface area contributed by atoms with Gasteiger partial charge in [0.15, 0.2) is 5.79 Å². The van der Waals surface area contributed by atoms with Crippen LogP contribution < -0.4 is 0 Å². The van der Waals surface area contributed by atoms with E-state index in [0.717, 1.165) is 43.9 Å². The molecule has 172 valence electrons.